The highest BCUT2D eigenvalue weighted by molar-refractivity contribution is 5.92. The van der Waals surface area contributed by atoms with Crippen LogP contribution in [0.25, 0.3) is 5.69 Å². The summed E-state index contributed by atoms with van der Waals surface area (Å²) in [6.07, 6.45) is 0.738. The molecular weight excluding hydrogens is 325 g/mol. The predicted octanol–water partition coefficient (Wildman–Crippen LogP) is 1.93. The molecule has 3 rings (SSSR count). The van der Waals surface area contributed by atoms with Crippen LogP contribution in [0.2, 0.25) is 0 Å². The SMILES string of the molecule is CC[C@H]1CN(C(=O)c2nn(-c3ccccc3F)c(C)cc2=O)CCO1. The molecule has 0 spiro atoms. The number of hydrogen-bond acceptors (Lipinski definition) is 4. The number of para-hydroxylation sites is 1. The molecule has 0 N–H and O–H groups in total. The molecule has 0 unspecified atom stereocenters. The third-order valence-corrected chi connectivity index (χ3v) is 4.27. The smallest absolute Gasteiger partial charge is 0.278 e. The van der Waals surface area contributed by atoms with Crippen LogP contribution in [-0.4, -0.2) is 46.4 Å². The van der Waals surface area contributed by atoms with E-state index in [9.17, 15) is 14.0 Å². The molecule has 1 aliphatic heterocycles. The van der Waals surface area contributed by atoms with Gasteiger partial charge in [-0.15, -0.1) is 0 Å². The van der Waals surface area contributed by atoms with Crippen LogP contribution >= 0.6 is 0 Å². The van der Waals surface area contributed by atoms with E-state index in [1.54, 1.807) is 30.0 Å². The molecule has 6 nitrogen and oxygen atoms in total. The minimum Gasteiger partial charge on any atom is -0.375 e. The second-order valence-electron chi connectivity index (χ2n) is 6.01. The zero-order valence-electron chi connectivity index (χ0n) is 14.2. The number of amides is 1. The fraction of sp³-hybridized carbons (Fsp3) is 0.389. The number of benzene rings is 1. The van der Waals surface area contributed by atoms with Crippen molar-refractivity contribution in [2.45, 2.75) is 26.4 Å². The van der Waals surface area contributed by atoms with Crippen LogP contribution in [0.5, 0.6) is 0 Å². The molecule has 0 bridgehead atoms. The highest BCUT2D eigenvalue weighted by atomic mass is 19.1. The maximum Gasteiger partial charge on any atom is 0.278 e. The molecule has 0 radical (unpaired) electrons. The van der Waals surface area contributed by atoms with Gasteiger partial charge in [-0.2, -0.15) is 5.10 Å². The lowest BCUT2D eigenvalue weighted by Crippen LogP contribution is -2.47. The van der Waals surface area contributed by atoms with Crippen molar-refractivity contribution in [3.05, 3.63) is 57.8 Å². The molecule has 1 fully saturated rings. The number of aromatic nitrogens is 2. The van der Waals surface area contributed by atoms with Crippen LogP contribution in [0.15, 0.2) is 35.1 Å². The van der Waals surface area contributed by atoms with Gasteiger partial charge in [-0.3, -0.25) is 9.59 Å². The Balaban J connectivity index is 2.00. The summed E-state index contributed by atoms with van der Waals surface area (Å²) in [6, 6.07) is 7.42. The lowest BCUT2D eigenvalue weighted by atomic mass is 10.2. The van der Waals surface area contributed by atoms with Crippen molar-refractivity contribution >= 4 is 5.91 Å². The summed E-state index contributed by atoms with van der Waals surface area (Å²) in [5, 5.41) is 4.16. The summed E-state index contributed by atoms with van der Waals surface area (Å²) in [7, 11) is 0. The fourth-order valence-electron chi connectivity index (χ4n) is 2.86. The minimum atomic E-state index is -0.474. The molecule has 7 heteroatoms. The highest BCUT2D eigenvalue weighted by Gasteiger charge is 2.27. The predicted molar refractivity (Wildman–Crippen MR) is 90.5 cm³/mol. The first-order chi connectivity index (χ1) is 12.0. The average Bonchev–Trinajstić information content (AvgIpc) is 2.62. The third kappa shape index (κ3) is 3.46. The Hall–Kier alpha value is -2.54. The highest BCUT2D eigenvalue weighted by Crippen LogP contribution is 2.14. The van der Waals surface area contributed by atoms with E-state index >= 15 is 0 Å². The van der Waals surface area contributed by atoms with Gasteiger partial charge in [-0.1, -0.05) is 19.1 Å². The Labute approximate surface area is 144 Å². The third-order valence-electron chi connectivity index (χ3n) is 4.27. The number of ether oxygens (including phenoxy) is 1. The Morgan fingerprint density at radius 3 is 2.88 bits per heavy atom. The number of carbonyl (C=O) groups is 1. The molecule has 132 valence electrons. The van der Waals surface area contributed by atoms with Gasteiger partial charge in [0.25, 0.3) is 5.91 Å². The van der Waals surface area contributed by atoms with Crippen LogP contribution in [0, 0.1) is 12.7 Å². The molecule has 1 saturated heterocycles. The molecular formula is C18H20FN3O3. The topological polar surface area (TPSA) is 64.4 Å². The van der Waals surface area contributed by atoms with Crippen LogP contribution < -0.4 is 5.43 Å². The van der Waals surface area contributed by atoms with Gasteiger partial charge < -0.3 is 9.64 Å². The monoisotopic (exact) mass is 345 g/mol. The first kappa shape index (κ1) is 17.3. The van der Waals surface area contributed by atoms with Gasteiger partial charge in [0.15, 0.2) is 5.69 Å². The lowest BCUT2D eigenvalue weighted by molar-refractivity contribution is -0.0229. The van der Waals surface area contributed by atoms with E-state index in [4.69, 9.17) is 4.74 Å². The normalized spacial score (nSPS) is 17.6. The molecule has 1 atom stereocenters. The van der Waals surface area contributed by atoms with Crippen LogP contribution in [-0.2, 0) is 4.74 Å². The van der Waals surface area contributed by atoms with Gasteiger partial charge in [0.2, 0.25) is 5.43 Å². The summed E-state index contributed by atoms with van der Waals surface area (Å²) < 4.78 is 20.9. The maximum absolute atomic E-state index is 14.1. The number of halogens is 1. The maximum atomic E-state index is 14.1. The van der Waals surface area contributed by atoms with E-state index in [0.717, 1.165) is 6.42 Å². The summed E-state index contributed by atoms with van der Waals surface area (Å²) in [5.41, 5.74) is -0.0113. The average molecular weight is 345 g/mol. The summed E-state index contributed by atoms with van der Waals surface area (Å²) >= 11 is 0. The molecule has 2 aromatic rings. The Bertz CT molecular complexity index is 850. The van der Waals surface area contributed by atoms with E-state index in [-0.39, 0.29) is 17.5 Å². The molecule has 0 aliphatic carbocycles. The lowest BCUT2D eigenvalue weighted by Gasteiger charge is -2.32. The fourth-order valence-corrected chi connectivity index (χ4v) is 2.86. The Morgan fingerprint density at radius 2 is 2.16 bits per heavy atom. The van der Waals surface area contributed by atoms with Crippen molar-refractivity contribution in [2.24, 2.45) is 0 Å². The summed E-state index contributed by atoms with van der Waals surface area (Å²) in [6.45, 7) is 4.89. The van der Waals surface area contributed by atoms with Crippen molar-refractivity contribution in [1.29, 1.82) is 0 Å². The van der Waals surface area contributed by atoms with Gasteiger partial charge in [-0.05, 0) is 25.5 Å². The quantitative estimate of drug-likeness (QED) is 0.853. The molecule has 25 heavy (non-hydrogen) atoms. The number of morpholine rings is 1. The number of nitrogens with zero attached hydrogens (tertiary/aromatic N) is 3. The molecule has 2 heterocycles. The Kier molecular flexibility index (Phi) is 4.94. The second-order valence-corrected chi connectivity index (χ2v) is 6.01. The van der Waals surface area contributed by atoms with Crippen molar-refractivity contribution in [3.8, 4) is 5.69 Å². The largest absolute Gasteiger partial charge is 0.375 e. The standard InChI is InChI=1S/C18H20FN3O3/c1-3-13-11-21(8-9-25-13)18(24)17-16(23)10-12(2)22(20-17)15-7-5-4-6-14(15)19/h4-7,10,13H,3,8-9,11H2,1-2H3/t13-/m0/s1. The molecule has 1 aromatic carbocycles. The zero-order chi connectivity index (χ0) is 18.0. The molecule has 0 saturated carbocycles. The van der Waals surface area contributed by atoms with Crippen LogP contribution in [0.3, 0.4) is 0 Å². The molecule has 1 aliphatic rings. The van der Waals surface area contributed by atoms with E-state index in [2.05, 4.69) is 5.10 Å². The van der Waals surface area contributed by atoms with Gasteiger partial charge in [0.1, 0.15) is 11.5 Å². The first-order valence-corrected chi connectivity index (χ1v) is 8.28. The van der Waals surface area contributed by atoms with Crippen molar-refractivity contribution < 1.29 is 13.9 Å². The van der Waals surface area contributed by atoms with Gasteiger partial charge in [0.05, 0.1) is 12.7 Å². The number of rotatable bonds is 3. The number of carbonyl (C=O) groups excluding carboxylic acids is 1. The van der Waals surface area contributed by atoms with Crippen molar-refractivity contribution in [2.75, 3.05) is 19.7 Å². The summed E-state index contributed by atoms with van der Waals surface area (Å²) in [4.78, 5) is 26.6. The van der Waals surface area contributed by atoms with E-state index < -0.39 is 17.2 Å². The minimum absolute atomic E-state index is 0.0445. The van der Waals surface area contributed by atoms with E-state index in [0.29, 0.717) is 25.4 Å². The Morgan fingerprint density at radius 1 is 1.40 bits per heavy atom. The van der Waals surface area contributed by atoms with Crippen molar-refractivity contribution in [1.82, 2.24) is 14.7 Å². The summed E-state index contributed by atoms with van der Waals surface area (Å²) in [5.74, 6) is -0.922. The van der Waals surface area contributed by atoms with Crippen LogP contribution in [0.1, 0.15) is 29.5 Å². The van der Waals surface area contributed by atoms with E-state index in [1.165, 1.54) is 16.8 Å². The van der Waals surface area contributed by atoms with E-state index in [1.807, 2.05) is 6.92 Å². The number of hydrogen-bond donors (Lipinski definition) is 0. The van der Waals surface area contributed by atoms with Crippen molar-refractivity contribution in [3.63, 3.8) is 0 Å². The van der Waals surface area contributed by atoms with Crippen LogP contribution in [0.4, 0.5) is 4.39 Å². The van der Waals surface area contributed by atoms with Gasteiger partial charge in [-0.25, -0.2) is 9.07 Å². The second kappa shape index (κ2) is 7.14. The molecule has 1 amide bonds. The first-order valence-electron chi connectivity index (χ1n) is 8.28. The van der Waals surface area contributed by atoms with Gasteiger partial charge >= 0.3 is 0 Å². The van der Waals surface area contributed by atoms with Gasteiger partial charge in [0, 0.05) is 24.8 Å². The number of aryl methyl sites for hydroxylation is 1. The zero-order valence-corrected chi connectivity index (χ0v) is 14.2. The molecule has 1 aromatic heterocycles.